The summed E-state index contributed by atoms with van der Waals surface area (Å²) in [5.41, 5.74) is 7.77. The molecule has 1 saturated carbocycles. The Balaban J connectivity index is 2.20. The predicted octanol–water partition coefficient (Wildman–Crippen LogP) is 3.46. The summed E-state index contributed by atoms with van der Waals surface area (Å²) in [6, 6.07) is 11.4. The minimum Gasteiger partial charge on any atom is -0.329 e. The van der Waals surface area contributed by atoms with Gasteiger partial charge >= 0.3 is 0 Å². The minimum atomic E-state index is 0.109. The van der Waals surface area contributed by atoms with Gasteiger partial charge in [-0.05, 0) is 51.0 Å². The number of nitrogens with two attached hydrogens (primary N) is 1. The second-order valence-corrected chi connectivity index (χ2v) is 6.63. The fraction of sp³-hybridized carbons (Fsp3) is 0.667. The number of nitrogens with zero attached hydrogens (tertiary/aromatic N) is 1. The molecule has 20 heavy (non-hydrogen) atoms. The van der Waals surface area contributed by atoms with Crippen LogP contribution in [0.4, 0.5) is 0 Å². The van der Waals surface area contributed by atoms with Crippen molar-refractivity contribution < 1.29 is 0 Å². The molecule has 0 spiro atoms. The quantitative estimate of drug-likeness (QED) is 0.786. The summed E-state index contributed by atoms with van der Waals surface area (Å²) in [4.78, 5) is 2.68. The van der Waals surface area contributed by atoms with Crippen LogP contribution in [0.1, 0.15) is 45.6 Å². The minimum absolute atomic E-state index is 0.109. The SMILES string of the molecule is CCC(CN)(Cc1ccccc1)N(CC1CC1)C(C)C. The Kier molecular flexibility index (Phi) is 5.22. The first kappa shape index (κ1) is 15.5. The van der Waals surface area contributed by atoms with Gasteiger partial charge in [0.05, 0.1) is 0 Å². The van der Waals surface area contributed by atoms with Crippen molar-refractivity contribution >= 4 is 0 Å². The molecule has 112 valence electrons. The summed E-state index contributed by atoms with van der Waals surface area (Å²) >= 11 is 0. The molecule has 0 saturated heterocycles. The van der Waals surface area contributed by atoms with Gasteiger partial charge in [0.15, 0.2) is 0 Å². The summed E-state index contributed by atoms with van der Waals surface area (Å²) in [6.07, 6.45) is 4.98. The molecule has 1 atom stereocenters. The van der Waals surface area contributed by atoms with Crippen LogP contribution in [-0.2, 0) is 6.42 Å². The lowest BCUT2D eigenvalue weighted by Crippen LogP contribution is -2.58. The van der Waals surface area contributed by atoms with E-state index < -0.39 is 0 Å². The maximum Gasteiger partial charge on any atom is 0.0372 e. The number of hydrogen-bond acceptors (Lipinski definition) is 2. The molecule has 0 aliphatic heterocycles. The van der Waals surface area contributed by atoms with Crippen molar-refractivity contribution in [1.82, 2.24) is 4.90 Å². The van der Waals surface area contributed by atoms with Crippen LogP contribution in [0.2, 0.25) is 0 Å². The summed E-state index contributed by atoms with van der Waals surface area (Å²) in [6.45, 7) is 8.87. The molecule has 2 heteroatoms. The maximum absolute atomic E-state index is 6.26. The lowest BCUT2D eigenvalue weighted by Gasteiger charge is -2.46. The molecular weight excluding hydrogens is 244 g/mol. The third-order valence-electron chi connectivity index (χ3n) is 4.80. The molecule has 1 aromatic carbocycles. The van der Waals surface area contributed by atoms with Gasteiger partial charge in [0, 0.05) is 24.7 Å². The van der Waals surface area contributed by atoms with Gasteiger partial charge in [0.2, 0.25) is 0 Å². The monoisotopic (exact) mass is 274 g/mol. The van der Waals surface area contributed by atoms with Crippen molar-refractivity contribution in [3.8, 4) is 0 Å². The van der Waals surface area contributed by atoms with E-state index in [2.05, 4.69) is 56.0 Å². The predicted molar refractivity (Wildman–Crippen MR) is 86.8 cm³/mol. The van der Waals surface area contributed by atoms with Crippen molar-refractivity contribution in [1.29, 1.82) is 0 Å². The smallest absolute Gasteiger partial charge is 0.0372 e. The van der Waals surface area contributed by atoms with Gasteiger partial charge in [-0.25, -0.2) is 0 Å². The summed E-state index contributed by atoms with van der Waals surface area (Å²) < 4.78 is 0. The molecule has 1 aromatic rings. The van der Waals surface area contributed by atoms with E-state index in [9.17, 15) is 0 Å². The topological polar surface area (TPSA) is 29.3 Å². The van der Waals surface area contributed by atoms with Crippen LogP contribution in [0.3, 0.4) is 0 Å². The molecule has 0 aromatic heterocycles. The van der Waals surface area contributed by atoms with Gasteiger partial charge in [-0.3, -0.25) is 4.90 Å². The Labute approximate surface area is 124 Å². The Morgan fingerprint density at radius 1 is 1.25 bits per heavy atom. The fourth-order valence-electron chi connectivity index (χ4n) is 3.27. The highest BCUT2D eigenvalue weighted by molar-refractivity contribution is 5.18. The van der Waals surface area contributed by atoms with E-state index in [4.69, 9.17) is 5.73 Å². The van der Waals surface area contributed by atoms with Crippen molar-refractivity contribution in [2.45, 2.75) is 58.0 Å². The van der Waals surface area contributed by atoms with E-state index in [1.165, 1.54) is 24.9 Å². The second kappa shape index (κ2) is 6.73. The van der Waals surface area contributed by atoms with Crippen molar-refractivity contribution in [3.05, 3.63) is 35.9 Å². The van der Waals surface area contributed by atoms with E-state index in [0.717, 1.165) is 25.3 Å². The first-order chi connectivity index (χ1) is 9.61. The van der Waals surface area contributed by atoms with Crippen LogP contribution in [0.5, 0.6) is 0 Å². The zero-order valence-corrected chi connectivity index (χ0v) is 13.3. The Morgan fingerprint density at radius 2 is 1.90 bits per heavy atom. The standard InChI is InChI=1S/C18H30N2/c1-4-18(14-19,12-16-8-6-5-7-9-16)20(15(2)3)13-17-10-11-17/h5-9,15,17H,4,10-14,19H2,1-3H3. The molecule has 1 aliphatic rings. The van der Waals surface area contributed by atoms with Gasteiger partial charge in [-0.2, -0.15) is 0 Å². The van der Waals surface area contributed by atoms with Crippen LogP contribution in [0.15, 0.2) is 30.3 Å². The third kappa shape index (κ3) is 3.62. The highest BCUT2D eigenvalue weighted by atomic mass is 15.2. The molecule has 1 fully saturated rings. The molecule has 0 amide bonds. The van der Waals surface area contributed by atoms with Crippen LogP contribution in [0, 0.1) is 5.92 Å². The lowest BCUT2D eigenvalue weighted by molar-refractivity contribution is 0.0522. The summed E-state index contributed by atoms with van der Waals surface area (Å²) in [5.74, 6) is 0.908. The van der Waals surface area contributed by atoms with Crippen molar-refractivity contribution in [2.24, 2.45) is 11.7 Å². The van der Waals surface area contributed by atoms with Crippen LogP contribution in [0.25, 0.3) is 0 Å². The normalized spacial score (nSPS) is 18.5. The van der Waals surface area contributed by atoms with E-state index >= 15 is 0 Å². The summed E-state index contributed by atoms with van der Waals surface area (Å²) in [7, 11) is 0. The van der Waals surface area contributed by atoms with E-state index in [0.29, 0.717) is 6.04 Å². The average molecular weight is 274 g/mol. The third-order valence-corrected chi connectivity index (χ3v) is 4.80. The Hall–Kier alpha value is -0.860. The van der Waals surface area contributed by atoms with Gasteiger partial charge in [-0.15, -0.1) is 0 Å². The molecule has 0 bridgehead atoms. The molecular formula is C18H30N2. The zero-order chi connectivity index (χ0) is 14.6. The van der Waals surface area contributed by atoms with Crippen molar-refractivity contribution in [3.63, 3.8) is 0 Å². The van der Waals surface area contributed by atoms with Crippen LogP contribution in [-0.4, -0.2) is 29.6 Å². The number of benzene rings is 1. The molecule has 2 nitrogen and oxygen atoms in total. The lowest BCUT2D eigenvalue weighted by atomic mass is 9.85. The Morgan fingerprint density at radius 3 is 2.35 bits per heavy atom. The largest absolute Gasteiger partial charge is 0.329 e. The fourth-order valence-corrected chi connectivity index (χ4v) is 3.27. The zero-order valence-electron chi connectivity index (χ0n) is 13.3. The number of hydrogen-bond donors (Lipinski definition) is 1. The highest BCUT2D eigenvalue weighted by Gasteiger charge is 2.38. The molecule has 0 radical (unpaired) electrons. The maximum atomic E-state index is 6.26. The van der Waals surface area contributed by atoms with Gasteiger partial charge in [0.1, 0.15) is 0 Å². The summed E-state index contributed by atoms with van der Waals surface area (Å²) in [5, 5.41) is 0. The van der Waals surface area contributed by atoms with Gasteiger partial charge < -0.3 is 5.73 Å². The molecule has 1 aliphatic carbocycles. The highest BCUT2D eigenvalue weighted by Crippen LogP contribution is 2.35. The van der Waals surface area contributed by atoms with E-state index in [1.807, 2.05) is 0 Å². The second-order valence-electron chi connectivity index (χ2n) is 6.63. The Bertz CT molecular complexity index is 391. The number of rotatable bonds is 8. The molecule has 0 heterocycles. The first-order valence-corrected chi connectivity index (χ1v) is 8.12. The molecule has 2 rings (SSSR count). The van der Waals surface area contributed by atoms with Crippen LogP contribution < -0.4 is 5.73 Å². The van der Waals surface area contributed by atoms with Crippen LogP contribution >= 0.6 is 0 Å². The van der Waals surface area contributed by atoms with E-state index in [-0.39, 0.29) is 5.54 Å². The molecule has 2 N–H and O–H groups in total. The first-order valence-electron chi connectivity index (χ1n) is 8.12. The average Bonchev–Trinajstić information content (AvgIpc) is 3.27. The van der Waals surface area contributed by atoms with Gasteiger partial charge in [-0.1, -0.05) is 37.3 Å². The van der Waals surface area contributed by atoms with E-state index in [1.54, 1.807) is 0 Å². The van der Waals surface area contributed by atoms with Crippen molar-refractivity contribution in [2.75, 3.05) is 13.1 Å². The molecule has 1 unspecified atom stereocenters. The van der Waals surface area contributed by atoms with Gasteiger partial charge in [0.25, 0.3) is 0 Å².